The van der Waals surface area contributed by atoms with Crippen molar-refractivity contribution in [3.05, 3.63) is 23.2 Å². The van der Waals surface area contributed by atoms with Gasteiger partial charge in [-0.05, 0) is 0 Å². The molecule has 1 aliphatic heterocycles. The molecule has 0 saturated heterocycles. The number of ether oxygens (including phenoxy) is 1. The zero-order valence-corrected chi connectivity index (χ0v) is 6.16. The van der Waals surface area contributed by atoms with Crippen LogP contribution in [0.3, 0.4) is 0 Å². The monoisotopic (exact) mass is 162 g/mol. The highest BCUT2D eigenvalue weighted by atomic mass is 16.5. The molecule has 0 bridgehead atoms. The van der Waals surface area contributed by atoms with Gasteiger partial charge < -0.3 is 10.5 Å². The molecular weight excluding hydrogens is 156 g/mol. The summed E-state index contributed by atoms with van der Waals surface area (Å²) in [6, 6.07) is 1.97. The number of aromatic nitrogens is 2. The Kier molecular flexibility index (Phi) is 1.27. The van der Waals surface area contributed by atoms with Gasteiger partial charge in [-0.3, -0.25) is 0 Å². The highest BCUT2D eigenvalue weighted by molar-refractivity contribution is 5.39. The zero-order valence-electron chi connectivity index (χ0n) is 6.16. The Morgan fingerprint density at radius 1 is 1.75 bits per heavy atom. The molecule has 0 fully saturated rings. The molecule has 1 aliphatic rings. The fraction of sp³-hybridized carbons (Fsp3) is 0.143. The van der Waals surface area contributed by atoms with Gasteiger partial charge >= 0.3 is 0 Å². The van der Waals surface area contributed by atoms with E-state index in [9.17, 15) is 0 Å². The first-order valence-corrected chi connectivity index (χ1v) is 3.40. The molecule has 0 aliphatic carbocycles. The number of nitrogens with one attached hydrogen (secondary N) is 1. The minimum atomic E-state index is 0.161. The number of H-pyrrole nitrogens is 1. The fourth-order valence-electron chi connectivity index (χ4n) is 1.06. The van der Waals surface area contributed by atoms with E-state index in [0.29, 0.717) is 17.9 Å². The van der Waals surface area contributed by atoms with Gasteiger partial charge in [0.25, 0.3) is 0 Å². The Balaban J connectivity index is 2.42. The van der Waals surface area contributed by atoms with Crippen LogP contribution in [0.1, 0.15) is 5.56 Å². The predicted octanol–water partition coefficient (Wildman–Crippen LogP) is 0.0385. The molecule has 1 aromatic heterocycles. The van der Waals surface area contributed by atoms with Crippen LogP contribution in [-0.2, 0) is 6.42 Å². The lowest BCUT2D eigenvalue weighted by molar-refractivity contribution is 0.384. The van der Waals surface area contributed by atoms with Crippen LogP contribution in [0.5, 0.6) is 5.88 Å². The maximum atomic E-state index is 8.63. The summed E-state index contributed by atoms with van der Waals surface area (Å²) in [6.07, 6.45) is 2.12. The minimum Gasteiger partial charge on any atom is -0.422 e. The molecule has 3 N–H and O–H groups in total. The number of rotatable bonds is 0. The molecule has 5 nitrogen and oxygen atoms in total. The number of fused-ring (bicyclic) bond motifs is 1. The first-order valence-electron chi connectivity index (χ1n) is 3.40. The van der Waals surface area contributed by atoms with E-state index in [1.807, 2.05) is 6.07 Å². The molecule has 5 heteroatoms. The van der Waals surface area contributed by atoms with Crippen LogP contribution in [0.25, 0.3) is 0 Å². The van der Waals surface area contributed by atoms with E-state index >= 15 is 0 Å². The van der Waals surface area contributed by atoms with E-state index in [0.717, 1.165) is 5.56 Å². The van der Waals surface area contributed by atoms with Crippen molar-refractivity contribution in [3.63, 3.8) is 0 Å². The standard InChI is InChI=1S/C7H6N4O/c8-2-4-1-5-3-10-11-7(5)12-6(4)9/h3H,1,9H2,(H,10,11). The number of nitrogens with zero attached hydrogens (tertiary/aromatic N) is 2. The van der Waals surface area contributed by atoms with Gasteiger partial charge in [-0.1, -0.05) is 0 Å². The highest BCUT2D eigenvalue weighted by Crippen LogP contribution is 2.24. The van der Waals surface area contributed by atoms with E-state index in [-0.39, 0.29) is 5.88 Å². The average molecular weight is 162 g/mol. The third-order valence-electron chi connectivity index (χ3n) is 1.69. The Labute approximate surface area is 68.4 Å². The third kappa shape index (κ3) is 0.820. The third-order valence-corrected chi connectivity index (χ3v) is 1.69. The lowest BCUT2D eigenvalue weighted by Crippen LogP contribution is -2.15. The van der Waals surface area contributed by atoms with Crippen molar-refractivity contribution < 1.29 is 4.74 Å². The van der Waals surface area contributed by atoms with E-state index in [2.05, 4.69) is 10.2 Å². The summed E-state index contributed by atoms with van der Waals surface area (Å²) in [7, 11) is 0. The molecule has 0 saturated carbocycles. The molecule has 0 radical (unpaired) electrons. The molecular formula is C7H6N4O. The number of hydrogen-bond acceptors (Lipinski definition) is 4. The summed E-state index contributed by atoms with van der Waals surface area (Å²) in [5, 5.41) is 15.0. The molecule has 12 heavy (non-hydrogen) atoms. The van der Waals surface area contributed by atoms with Crippen molar-refractivity contribution in [2.24, 2.45) is 5.73 Å². The SMILES string of the molecule is N#CC1=C(N)Oc2[nH]ncc2C1. The summed E-state index contributed by atoms with van der Waals surface area (Å²) in [4.78, 5) is 0. The molecule has 0 unspecified atom stereocenters. The smallest absolute Gasteiger partial charge is 0.220 e. The summed E-state index contributed by atoms with van der Waals surface area (Å²) in [5.74, 6) is 0.695. The van der Waals surface area contributed by atoms with Gasteiger partial charge in [0.2, 0.25) is 11.8 Å². The molecule has 1 aromatic rings. The van der Waals surface area contributed by atoms with Gasteiger partial charge in [0, 0.05) is 12.0 Å². The molecule has 0 aromatic carbocycles. The Morgan fingerprint density at radius 3 is 3.33 bits per heavy atom. The van der Waals surface area contributed by atoms with Gasteiger partial charge in [0.15, 0.2) is 0 Å². The van der Waals surface area contributed by atoms with E-state index in [1.165, 1.54) is 0 Å². The predicted molar refractivity (Wildman–Crippen MR) is 39.7 cm³/mol. The van der Waals surface area contributed by atoms with Crippen LogP contribution in [0.4, 0.5) is 0 Å². The largest absolute Gasteiger partial charge is 0.422 e. The summed E-state index contributed by atoms with van der Waals surface area (Å²) < 4.78 is 5.09. The average Bonchev–Trinajstić information content (AvgIpc) is 2.49. The topological polar surface area (TPSA) is 87.7 Å². The van der Waals surface area contributed by atoms with Crippen molar-refractivity contribution >= 4 is 0 Å². The summed E-state index contributed by atoms with van der Waals surface area (Å²) in [6.45, 7) is 0. The Bertz CT molecular complexity index is 384. The second kappa shape index (κ2) is 2.27. The molecule has 0 amide bonds. The normalized spacial score (nSPS) is 14.9. The van der Waals surface area contributed by atoms with Gasteiger partial charge in [0.1, 0.15) is 6.07 Å². The maximum Gasteiger partial charge on any atom is 0.220 e. The van der Waals surface area contributed by atoms with Crippen molar-refractivity contribution in [1.82, 2.24) is 10.2 Å². The van der Waals surface area contributed by atoms with Crippen molar-refractivity contribution in [2.75, 3.05) is 0 Å². The number of allylic oxidation sites excluding steroid dienone is 1. The number of hydrogen-bond donors (Lipinski definition) is 2. The maximum absolute atomic E-state index is 8.63. The van der Waals surface area contributed by atoms with Gasteiger partial charge in [-0.15, -0.1) is 0 Å². The van der Waals surface area contributed by atoms with Gasteiger partial charge in [0.05, 0.1) is 11.8 Å². The highest BCUT2D eigenvalue weighted by Gasteiger charge is 2.18. The minimum absolute atomic E-state index is 0.161. The summed E-state index contributed by atoms with van der Waals surface area (Å²) >= 11 is 0. The van der Waals surface area contributed by atoms with Gasteiger partial charge in [-0.2, -0.15) is 10.4 Å². The Morgan fingerprint density at radius 2 is 2.58 bits per heavy atom. The summed E-state index contributed by atoms with van der Waals surface area (Å²) in [5.41, 5.74) is 6.76. The van der Waals surface area contributed by atoms with E-state index in [1.54, 1.807) is 6.20 Å². The second-order valence-corrected chi connectivity index (χ2v) is 2.46. The fourth-order valence-corrected chi connectivity index (χ4v) is 1.06. The lowest BCUT2D eigenvalue weighted by atomic mass is 10.1. The lowest BCUT2D eigenvalue weighted by Gasteiger charge is -2.12. The van der Waals surface area contributed by atoms with Crippen LogP contribution >= 0.6 is 0 Å². The second-order valence-electron chi connectivity index (χ2n) is 2.46. The van der Waals surface area contributed by atoms with E-state index < -0.39 is 0 Å². The number of nitrogens with two attached hydrogens (primary N) is 1. The molecule has 2 heterocycles. The van der Waals surface area contributed by atoms with Crippen LogP contribution < -0.4 is 10.5 Å². The quantitative estimate of drug-likeness (QED) is 0.563. The molecule has 0 atom stereocenters. The molecule has 2 rings (SSSR count). The zero-order chi connectivity index (χ0) is 8.55. The van der Waals surface area contributed by atoms with Crippen LogP contribution in [0.2, 0.25) is 0 Å². The van der Waals surface area contributed by atoms with Crippen molar-refractivity contribution in [2.45, 2.75) is 6.42 Å². The number of aromatic amines is 1. The van der Waals surface area contributed by atoms with Crippen LogP contribution in [0.15, 0.2) is 17.7 Å². The first-order chi connectivity index (χ1) is 5.81. The number of nitriles is 1. The van der Waals surface area contributed by atoms with E-state index in [4.69, 9.17) is 15.7 Å². The van der Waals surface area contributed by atoms with Crippen LogP contribution in [0, 0.1) is 11.3 Å². The molecule has 60 valence electrons. The first kappa shape index (κ1) is 6.73. The molecule has 0 spiro atoms. The van der Waals surface area contributed by atoms with Crippen LogP contribution in [-0.4, -0.2) is 10.2 Å². The Hall–Kier alpha value is -1.96. The van der Waals surface area contributed by atoms with Gasteiger partial charge in [-0.25, -0.2) is 5.10 Å². The van der Waals surface area contributed by atoms with Crippen molar-refractivity contribution in [1.29, 1.82) is 5.26 Å². The van der Waals surface area contributed by atoms with Crippen molar-refractivity contribution in [3.8, 4) is 11.9 Å².